The van der Waals surface area contributed by atoms with Crippen LogP contribution in [0.1, 0.15) is 27.7 Å². The first-order valence-electron chi connectivity index (χ1n) is 5.05. The Balaban J connectivity index is 0.000000671. The summed E-state index contributed by atoms with van der Waals surface area (Å²) in [6.45, 7) is 10.1. The van der Waals surface area contributed by atoms with Crippen molar-refractivity contribution < 1.29 is 9.53 Å². The van der Waals surface area contributed by atoms with Gasteiger partial charge in [0.1, 0.15) is 0 Å². The minimum absolute atomic E-state index is 0.119. The van der Waals surface area contributed by atoms with Crippen molar-refractivity contribution in [1.82, 2.24) is 5.32 Å². The third-order valence-corrected chi connectivity index (χ3v) is 1.69. The lowest BCUT2D eigenvalue weighted by Crippen LogP contribution is -2.43. The number of carbonyl (C=O) groups excluding carboxylic acids is 1. The van der Waals surface area contributed by atoms with E-state index in [0.717, 1.165) is 6.54 Å². The van der Waals surface area contributed by atoms with Crippen LogP contribution in [0.2, 0.25) is 0 Å². The number of amides is 1. The maximum Gasteiger partial charge on any atom is 0.227 e. The van der Waals surface area contributed by atoms with Crippen molar-refractivity contribution >= 4 is 5.91 Å². The van der Waals surface area contributed by atoms with Crippen LogP contribution in [0.15, 0.2) is 0 Å². The molecule has 1 heterocycles. The molecule has 0 unspecified atom stereocenters. The standard InChI is InChI=1S/C8H15NO2.C2H6/c1-6(2)3-9-8(10)7-4-11-5-7;1-2/h6-7H,3-5H2,1-2H3,(H,9,10);1-2H3. The summed E-state index contributed by atoms with van der Waals surface area (Å²) in [6, 6.07) is 0. The molecule has 0 aromatic heterocycles. The van der Waals surface area contributed by atoms with E-state index >= 15 is 0 Å². The van der Waals surface area contributed by atoms with Gasteiger partial charge in [0.25, 0.3) is 0 Å². The average molecular weight is 187 g/mol. The van der Waals surface area contributed by atoms with Crippen molar-refractivity contribution in [3.8, 4) is 0 Å². The van der Waals surface area contributed by atoms with E-state index in [-0.39, 0.29) is 11.8 Å². The second kappa shape index (κ2) is 6.89. The van der Waals surface area contributed by atoms with E-state index in [1.54, 1.807) is 0 Å². The summed E-state index contributed by atoms with van der Waals surface area (Å²) < 4.78 is 4.90. The fraction of sp³-hybridized carbons (Fsp3) is 0.900. The van der Waals surface area contributed by atoms with Gasteiger partial charge in [-0.15, -0.1) is 0 Å². The quantitative estimate of drug-likeness (QED) is 0.726. The fourth-order valence-electron chi connectivity index (χ4n) is 0.836. The van der Waals surface area contributed by atoms with Crippen LogP contribution in [0.25, 0.3) is 0 Å². The number of rotatable bonds is 3. The molecule has 3 heteroatoms. The molecule has 1 aliphatic rings. The largest absolute Gasteiger partial charge is 0.380 e. The molecule has 0 saturated carbocycles. The highest BCUT2D eigenvalue weighted by Crippen LogP contribution is 2.09. The molecule has 1 saturated heterocycles. The first-order valence-corrected chi connectivity index (χ1v) is 5.05. The molecular formula is C10H21NO2. The molecule has 13 heavy (non-hydrogen) atoms. The van der Waals surface area contributed by atoms with E-state index in [1.165, 1.54) is 0 Å². The van der Waals surface area contributed by atoms with Gasteiger partial charge in [-0.05, 0) is 5.92 Å². The Labute approximate surface area is 80.8 Å². The van der Waals surface area contributed by atoms with Gasteiger partial charge in [0.05, 0.1) is 19.1 Å². The van der Waals surface area contributed by atoms with Crippen LogP contribution in [-0.4, -0.2) is 25.7 Å². The lowest BCUT2D eigenvalue weighted by atomic mass is 10.1. The highest BCUT2D eigenvalue weighted by molar-refractivity contribution is 5.79. The minimum atomic E-state index is 0.119. The van der Waals surface area contributed by atoms with E-state index < -0.39 is 0 Å². The molecule has 1 amide bonds. The zero-order valence-corrected chi connectivity index (χ0v) is 9.09. The van der Waals surface area contributed by atoms with Crippen LogP contribution < -0.4 is 5.32 Å². The maximum absolute atomic E-state index is 11.1. The molecular weight excluding hydrogens is 166 g/mol. The van der Waals surface area contributed by atoms with Crippen molar-refractivity contribution in [1.29, 1.82) is 0 Å². The van der Waals surface area contributed by atoms with Gasteiger partial charge >= 0.3 is 0 Å². The molecule has 78 valence electrons. The van der Waals surface area contributed by atoms with Gasteiger partial charge < -0.3 is 10.1 Å². The first kappa shape index (κ1) is 12.4. The monoisotopic (exact) mass is 187 g/mol. The number of nitrogens with one attached hydrogen (secondary N) is 1. The topological polar surface area (TPSA) is 38.3 Å². The highest BCUT2D eigenvalue weighted by Gasteiger charge is 2.25. The molecule has 1 N–H and O–H groups in total. The Morgan fingerprint density at radius 1 is 1.46 bits per heavy atom. The smallest absolute Gasteiger partial charge is 0.227 e. The van der Waals surface area contributed by atoms with Crippen LogP contribution >= 0.6 is 0 Å². The molecule has 0 bridgehead atoms. The molecule has 0 aromatic rings. The summed E-state index contributed by atoms with van der Waals surface area (Å²) in [5.41, 5.74) is 0. The van der Waals surface area contributed by atoms with E-state index in [2.05, 4.69) is 19.2 Å². The van der Waals surface area contributed by atoms with Crippen LogP contribution in [0.4, 0.5) is 0 Å². The van der Waals surface area contributed by atoms with Gasteiger partial charge in [0.2, 0.25) is 5.91 Å². The van der Waals surface area contributed by atoms with E-state index in [1.807, 2.05) is 13.8 Å². The Kier molecular flexibility index (Phi) is 6.59. The number of hydrogen-bond donors (Lipinski definition) is 1. The molecule has 3 nitrogen and oxygen atoms in total. The molecule has 0 radical (unpaired) electrons. The third-order valence-electron chi connectivity index (χ3n) is 1.69. The van der Waals surface area contributed by atoms with Crippen molar-refractivity contribution in [2.45, 2.75) is 27.7 Å². The third kappa shape index (κ3) is 4.88. The first-order chi connectivity index (χ1) is 6.20. The second-order valence-electron chi connectivity index (χ2n) is 3.37. The van der Waals surface area contributed by atoms with Gasteiger partial charge in [0, 0.05) is 6.54 Å². The molecule has 0 aliphatic carbocycles. The summed E-state index contributed by atoms with van der Waals surface area (Å²) in [5, 5.41) is 2.87. The van der Waals surface area contributed by atoms with Crippen LogP contribution in [0.3, 0.4) is 0 Å². The maximum atomic E-state index is 11.1. The predicted molar refractivity (Wildman–Crippen MR) is 53.5 cm³/mol. The fourth-order valence-corrected chi connectivity index (χ4v) is 0.836. The summed E-state index contributed by atoms with van der Waals surface area (Å²) in [6.07, 6.45) is 0. The van der Waals surface area contributed by atoms with E-state index in [9.17, 15) is 4.79 Å². The van der Waals surface area contributed by atoms with Crippen molar-refractivity contribution in [3.05, 3.63) is 0 Å². The summed E-state index contributed by atoms with van der Waals surface area (Å²) in [7, 11) is 0. The molecule has 0 atom stereocenters. The number of hydrogen-bond acceptors (Lipinski definition) is 2. The van der Waals surface area contributed by atoms with Crippen LogP contribution in [0.5, 0.6) is 0 Å². The van der Waals surface area contributed by atoms with Gasteiger partial charge in [-0.3, -0.25) is 4.79 Å². The molecule has 0 spiro atoms. The SMILES string of the molecule is CC.CC(C)CNC(=O)C1COC1. The molecule has 1 fully saturated rings. The normalized spacial score (nSPS) is 15.8. The van der Waals surface area contributed by atoms with Gasteiger partial charge in [-0.25, -0.2) is 0 Å². The summed E-state index contributed by atoms with van der Waals surface area (Å²) in [5.74, 6) is 0.790. The second-order valence-corrected chi connectivity index (χ2v) is 3.37. The lowest BCUT2D eigenvalue weighted by molar-refractivity contribution is -0.138. The highest BCUT2D eigenvalue weighted by atomic mass is 16.5. The Morgan fingerprint density at radius 2 is 2.00 bits per heavy atom. The molecule has 1 rings (SSSR count). The van der Waals surface area contributed by atoms with Crippen LogP contribution in [0, 0.1) is 11.8 Å². The van der Waals surface area contributed by atoms with Gasteiger partial charge in [-0.1, -0.05) is 27.7 Å². The predicted octanol–water partition coefficient (Wildman–Crippen LogP) is 1.43. The zero-order chi connectivity index (χ0) is 10.3. The van der Waals surface area contributed by atoms with Crippen molar-refractivity contribution in [2.24, 2.45) is 11.8 Å². The Morgan fingerprint density at radius 3 is 2.31 bits per heavy atom. The van der Waals surface area contributed by atoms with E-state index in [4.69, 9.17) is 4.74 Å². The van der Waals surface area contributed by atoms with Crippen molar-refractivity contribution in [3.63, 3.8) is 0 Å². The van der Waals surface area contributed by atoms with Crippen LogP contribution in [-0.2, 0) is 9.53 Å². The zero-order valence-electron chi connectivity index (χ0n) is 9.09. The molecule has 0 aromatic carbocycles. The van der Waals surface area contributed by atoms with Crippen molar-refractivity contribution in [2.75, 3.05) is 19.8 Å². The lowest BCUT2D eigenvalue weighted by Gasteiger charge is -2.25. The summed E-state index contributed by atoms with van der Waals surface area (Å²) >= 11 is 0. The van der Waals surface area contributed by atoms with Gasteiger partial charge in [-0.2, -0.15) is 0 Å². The number of carbonyl (C=O) groups is 1. The van der Waals surface area contributed by atoms with E-state index in [0.29, 0.717) is 19.1 Å². The summed E-state index contributed by atoms with van der Waals surface area (Å²) in [4.78, 5) is 11.1. The minimum Gasteiger partial charge on any atom is -0.380 e. The number of ether oxygens (including phenoxy) is 1. The Bertz CT molecular complexity index is 142. The average Bonchev–Trinajstić information content (AvgIpc) is 2.01. The molecule has 1 aliphatic heterocycles. The van der Waals surface area contributed by atoms with Gasteiger partial charge in [0.15, 0.2) is 0 Å². The Hall–Kier alpha value is -0.570.